The monoisotopic (exact) mass is 355 g/mol. The average molecular weight is 355 g/mol. The second-order valence-corrected chi connectivity index (χ2v) is 6.29. The van der Waals surface area contributed by atoms with Gasteiger partial charge in [-0.05, 0) is 48.6 Å². The zero-order valence-electron chi connectivity index (χ0n) is 15.4. The fourth-order valence-electron chi connectivity index (χ4n) is 2.52. The molecular formula is C21H25NO4. The van der Waals surface area contributed by atoms with Crippen LogP contribution in [-0.2, 0) is 16.1 Å². The molecule has 2 N–H and O–H groups in total. The van der Waals surface area contributed by atoms with Gasteiger partial charge < -0.3 is 15.2 Å². The van der Waals surface area contributed by atoms with E-state index in [0.29, 0.717) is 17.0 Å². The lowest BCUT2D eigenvalue weighted by Crippen LogP contribution is -2.30. The zero-order valence-corrected chi connectivity index (χ0v) is 15.4. The smallest absolute Gasteiger partial charge is 0.338 e. The Labute approximate surface area is 154 Å². The highest BCUT2D eigenvalue weighted by atomic mass is 16.5. The summed E-state index contributed by atoms with van der Waals surface area (Å²) in [4.78, 5) is 24.6. The van der Waals surface area contributed by atoms with Gasteiger partial charge in [-0.25, -0.2) is 4.79 Å². The number of hydrogen-bond donors (Lipinski definition) is 2. The normalized spacial score (nSPS) is 12.9. The van der Waals surface area contributed by atoms with Crippen LogP contribution in [-0.4, -0.2) is 23.1 Å². The maximum absolute atomic E-state index is 12.4. The van der Waals surface area contributed by atoms with Gasteiger partial charge in [0, 0.05) is 5.69 Å². The van der Waals surface area contributed by atoms with Crippen LogP contribution >= 0.6 is 0 Å². The highest BCUT2D eigenvalue weighted by Crippen LogP contribution is 2.26. The van der Waals surface area contributed by atoms with Crippen molar-refractivity contribution in [3.63, 3.8) is 0 Å². The van der Waals surface area contributed by atoms with E-state index in [1.54, 1.807) is 31.2 Å². The molecule has 0 saturated heterocycles. The molecule has 0 heterocycles. The van der Waals surface area contributed by atoms with Crippen LogP contribution < -0.4 is 5.32 Å². The highest BCUT2D eigenvalue weighted by Gasteiger charge is 2.20. The molecule has 0 aromatic heterocycles. The van der Waals surface area contributed by atoms with Crippen LogP contribution in [0.2, 0.25) is 0 Å². The van der Waals surface area contributed by atoms with Gasteiger partial charge in [-0.1, -0.05) is 44.2 Å². The number of nitrogens with one attached hydrogen (secondary N) is 1. The molecule has 5 nitrogen and oxygen atoms in total. The summed E-state index contributed by atoms with van der Waals surface area (Å²) in [5.74, 6) is -0.636. The van der Waals surface area contributed by atoms with E-state index in [4.69, 9.17) is 9.84 Å². The fraction of sp³-hybridized carbons (Fsp3) is 0.333. The van der Waals surface area contributed by atoms with E-state index in [0.717, 1.165) is 17.7 Å². The van der Waals surface area contributed by atoms with E-state index < -0.39 is 12.1 Å². The number of para-hydroxylation sites is 1. The number of anilines is 1. The molecule has 0 bridgehead atoms. The van der Waals surface area contributed by atoms with Gasteiger partial charge >= 0.3 is 5.97 Å². The highest BCUT2D eigenvalue weighted by molar-refractivity contribution is 5.97. The number of ether oxygens (including phenoxy) is 1. The van der Waals surface area contributed by atoms with Crippen LogP contribution in [0.25, 0.3) is 0 Å². The summed E-state index contributed by atoms with van der Waals surface area (Å²) in [7, 11) is 0. The summed E-state index contributed by atoms with van der Waals surface area (Å²) >= 11 is 0. The van der Waals surface area contributed by atoms with Crippen LogP contribution in [0.4, 0.5) is 5.69 Å². The summed E-state index contributed by atoms with van der Waals surface area (Å²) in [5, 5.41) is 11.9. The van der Waals surface area contributed by atoms with Gasteiger partial charge in [0.05, 0.1) is 12.2 Å². The maximum Gasteiger partial charge on any atom is 0.338 e. The van der Waals surface area contributed by atoms with Crippen LogP contribution in [0, 0.1) is 0 Å². The lowest BCUT2D eigenvalue weighted by Gasteiger charge is -2.18. The van der Waals surface area contributed by atoms with Gasteiger partial charge in [-0.2, -0.15) is 0 Å². The van der Waals surface area contributed by atoms with Crippen molar-refractivity contribution in [2.75, 3.05) is 5.32 Å². The van der Waals surface area contributed by atoms with Crippen molar-refractivity contribution in [3.05, 3.63) is 65.2 Å². The molecular weight excluding hydrogens is 330 g/mol. The fourth-order valence-corrected chi connectivity index (χ4v) is 2.52. The Bertz CT molecular complexity index is 755. The summed E-state index contributed by atoms with van der Waals surface area (Å²) in [6.07, 6.45) is 0.0337. The Morgan fingerprint density at radius 1 is 1.08 bits per heavy atom. The molecule has 2 rings (SSSR count). The van der Waals surface area contributed by atoms with E-state index in [1.807, 2.05) is 24.3 Å². The molecule has 2 aromatic rings. The standard InChI is InChI=1S/C21H25NO4/c1-4-14(2)18-7-5-6-8-19(18)22-20(24)15(3)26-21(25)17-11-9-16(13-23)10-12-17/h5-12,14-15,23H,4,13H2,1-3H3,(H,22,24)/t14-,15+/m1/s1. The molecule has 0 aliphatic heterocycles. The molecule has 0 aliphatic carbocycles. The summed E-state index contributed by atoms with van der Waals surface area (Å²) < 4.78 is 5.26. The lowest BCUT2D eigenvalue weighted by atomic mass is 9.97. The quantitative estimate of drug-likeness (QED) is 0.739. The second-order valence-electron chi connectivity index (χ2n) is 6.29. The molecule has 5 heteroatoms. The van der Waals surface area contributed by atoms with Crippen LogP contribution in [0.3, 0.4) is 0 Å². The molecule has 0 radical (unpaired) electrons. The first kappa shape index (κ1) is 19.7. The number of aliphatic hydroxyl groups excluding tert-OH is 1. The van der Waals surface area contributed by atoms with E-state index in [2.05, 4.69) is 19.2 Å². The molecule has 1 amide bonds. The summed E-state index contributed by atoms with van der Waals surface area (Å²) in [6.45, 7) is 5.64. The van der Waals surface area contributed by atoms with Gasteiger partial charge in [-0.3, -0.25) is 4.79 Å². The minimum absolute atomic E-state index is 0.0935. The molecule has 0 saturated carbocycles. The van der Waals surface area contributed by atoms with E-state index in [9.17, 15) is 9.59 Å². The summed E-state index contributed by atoms with van der Waals surface area (Å²) in [6, 6.07) is 14.1. The molecule has 26 heavy (non-hydrogen) atoms. The third-order valence-electron chi connectivity index (χ3n) is 4.39. The Balaban J connectivity index is 2.02. The number of amides is 1. The van der Waals surface area contributed by atoms with Crippen LogP contribution in [0.15, 0.2) is 48.5 Å². The van der Waals surface area contributed by atoms with Gasteiger partial charge in [0.25, 0.3) is 5.91 Å². The first-order chi connectivity index (χ1) is 12.5. The first-order valence-corrected chi connectivity index (χ1v) is 8.76. The number of hydrogen-bond acceptors (Lipinski definition) is 4. The predicted molar refractivity (Wildman–Crippen MR) is 101 cm³/mol. The third kappa shape index (κ3) is 4.92. The van der Waals surface area contributed by atoms with Crippen LogP contribution in [0.1, 0.15) is 54.6 Å². The number of rotatable bonds is 7. The van der Waals surface area contributed by atoms with Gasteiger partial charge in [0.1, 0.15) is 0 Å². The largest absolute Gasteiger partial charge is 0.449 e. The van der Waals surface area contributed by atoms with Crippen molar-refractivity contribution < 1.29 is 19.4 Å². The Hall–Kier alpha value is -2.66. The lowest BCUT2D eigenvalue weighted by molar-refractivity contribution is -0.123. The van der Waals surface area contributed by atoms with Gasteiger partial charge in [0.15, 0.2) is 6.10 Å². The summed E-state index contributed by atoms with van der Waals surface area (Å²) in [5.41, 5.74) is 2.83. The predicted octanol–water partition coefficient (Wildman–Crippen LogP) is 3.88. The minimum atomic E-state index is -0.926. The third-order valence-corrected chi connectivity index (χ3v) is 4.39. The molecule has 0 fully saturated rings. The SMILES string of the molecule is CC[C@@H](C)c1ccccc1NC(=O)[C@H](C)OC(=O)c1ccc(CO)cc1. The van der Waals surface area contributed by atoms with Crippen LogP contribution in [0.5, 0.6) is 0 Å². The molecule has 2 aromatic carbocycles. The Morgan fingerprint density at radius 3 is 2.35 bits per heavy atom. The van der Waals surface area contributed by atoms with E-state index in [-0.39, 0.29) is 12.5 Å². The van der Waals surface area contributed by atoms with Gasteiger partial charge in [-0.15, -0.1) is 0 Å². The number of esters is 1. The number of carbonyl (C=O) groups is 2. The van der Waals surface area contributed by atoms with Crippen molar-refractivity contribution >= 4 is 17.6 Å². The van der Waals surface area contributed by atoms with Crippen molar-refractivity contribution in [2.24, 2.45) is 0 Å². The average Bonchev–Trinajstić information content (AvgIpc) is 2.67. The Kier molecular flexibility index (Phi) is 6.92. The minimum Gasteiger partial charge on any atom is -0.449 e. The number of carbonyl (C=O) groups excluding carboxylic acids is 2. The Morgan fingerprint density at radius 2 is 1.73 bits per heavy atom. The van der Waals surface area contributed by atoms with Gasteiger partial charge in [0.2, 0.25) is 0 Å². The maximum atomic E-state index is 12.4. The molecule has 0 spiro atoms. The topological polar surface area (TPSA) is 75.6 Å². The van der Waals surface area contributed by atoms with Crippen molar-refractivity contribution in [3.8, 4) is 0 Å². The molecule has 138 valence electrons. The zero-order chi connectivity index (χ0) is 19.1. The molecule has 2 atom stereocenters. The molecule has 0 unspecified atom stereocenters. The molecule has 0 aliphatic rings. The number of benzene rings is 2. The van der Waals surface area contributed by atoms with Crippen molar-refractivity contribution in [1.82, 2.24) is 0 Å². The van der Waals surface area contributed by atoms with E-state index >= 15 is 0 Å². The first-order valence-electron chi connectivity index (χ1n) is 8.76. The number of aliphatic hydroxyl groups is 1. The van der Waals surface area contributed by atoms with Crippen molar-refractivity contribution in [2.45, 2.75) is 45.8 Å². The second kappa shape index (κ2) is 9.15. The van der Waals surface area contributed by atoms with Crippen molar-refractivity contribution in [1.29, 1.82) is 0 Å². The van der Waals surface area contributed by atoms with E-state index in [1.165, 1.54) is 0 Å².